The van der Waals surface area contributed by atoms with Crippen LogP contribution in [0.4, 0.5) is 10.8 Å². The van der Waals surface area contributed by atoms with Gasteiger partial charge in [-0.15, -0.1) is 17.9 Å². The minimum atomic E-state index is -3.87. The molecule has 144 valence electrons. The van der Waals surface area contributed by atoms with Gasteiger partial charge in [0, 0.05) is 16.6 Å². The zero-order valence-corrected chi connectivity index (χ0v) is 16.8. The Morgan fingerprint density at radius 3 is 2.61 bits per heavy atom. The fourth-order valence-electron chi connectivity index (χ4n) is 2.56. The van der Waals surface area contributed by atoms with Gasteiger partial charge in [-0.25, -0.2) is 13.4 Å². The molecule has 0 atom stereocenters. The number of amides is 1. The Morgan fingerprint density at radius 2 is 1.96 bits per heavy atom. The Labute approximate surface area is 168 Å². The molecule has 0 saturated carbocycles. The first-order valence-corrected chi connectivity index (χ1v) is 10.7. The van der Waals surface area contributed by atoms with Crippen molar-refractivity contribution in [2.24, 2.45) is 0 Å². The minimum absolute atomic E-state index is 0.0289. The first-order chi connectivity index (χ1) is 13.4. The molecule has 0 bridgehead atoms. The van der Waals surface area contributed by atoms with Gasteiger partial charge in [-0.05, 0) is 37.3 Å². The zero-order valence-electron chi connectivity index (χ0n) is 15.2. The number of nitrogens with one attached hydrogen (secondary N) is 1. The fourth-order valence-corrected chi connectivity index (χ4v) is 4.70. The normalized spacial score (nSPS) is 11.0. The molecular weight excluding hydrogens is 394 g/mol. The van der Waals surface area contributed by atoms with Crippen LogP contribution in [-0.2, 0) is 10.0 Å². The van der Waals surface area contributed by atoms with E-state index in [2.05, 4.69) is 16.9 Å². The van der Waals surface area contributed by atoms with Crippen molar-refractivity contribution in [1.82, 2.24) is 4.98 Å². The average molecular weight is 414 g/mol. The number of thiazole rings is 1. The van der Waals surface area contributed by atoms with Crippen LogP contribution in [0, 0.1) is 6.92 Å². The van der Waals surface area contributed by atoms with Gasteiger partial charge in [0.05, 0.1) is 17.1 Å². The lowest BCUT2D eigenvalue weighted by Crippen LogP contribution is -2.31. The molecule has 3 aromatic rings. The molecule has 0 saturated heterocycles. The maximum atomic E-state index is 13.2. The van der Waals surface area contributed by atoms with Crippen LogP contribution in [0.3, 0.4) is 0 Å². The summed E-state index contributed by atoms with van der Waals surface area (Å²) in [5.41, 5.74) is 0.760. The highest BCUT2D eigenvalue weighted by atomic mass is 32.2. The Bertz CT molecular complexity index is 1090. The van der Waals surface area contributed by atoms with Crippen LogP contribution in [0.5, 0.6) is 0 Å². The fraction of sp³-hybridized carbons (Fsp3) is 0.100. The van der Waals surface area contributed by atoms with Gasteiger partial charge in [-0.3, -0.25) is 14.4 Å². The lowest BCUT2D eigenvalue weighted by molar-refractivity contribution is 0.102. The van der Waals surface area contributed by atoms with Crippen molar-refractivity contribution in [2.45, 2.75) is 11.8 Å². The predicted octanol–water partition coefficient (Wildman–Crippen LogP) is 4.09. The van der Waals surface area contributed by atoms with Gasteiger partial charge in [-0.1, -0.05) is 30.3 Å². The summed E-state index contributed by atoms with van der Waals surface area (Å²) in [6.45, 7) is 5.65. The monoisotopic (exact) mass is 413 g/mol. The van der Waals surface area contributed by atoms with Crippen LogP contribution in [0.25, 0.3) is 0 Å². The quantitative estimate of drug-likeness (QED) is 0.592. The van der Waals surface area contributed by atoms with E-state index in [1.165, 1.54) is 33.9 Å². The number of sulfonamides is 1. The number of para-hydroxylation sites is 1. The standard InChI is InChI=1S/C20H19N3O3S2/c1-3-12-23(17-9-5-4-6-10-17)28(25,26)18-11-7-8-16(13-18)19(24)22-20-21-14-15(2)27-20/h3-11,13-14H,1,12H2,2H3,(H,21,22,24). The second-order valence-electron chi connectivity index (χ2n) is 5.92. The molecule has 0 aliphatic heterocycles. The molecule has 0 unspecified atom stereocenters. The molecule has 6 nitrogen and oxygen atoms in total. The van der Waals surface area contributed by atoms with Gasteiger partial charge < -0.3 is 0 Å². The minimum Gasteiger partial charge on any atom is -0.298 e. The molecule has 8 heteroatoms. The van der Waals surface area contributed by atoms with Crippen molar-refractivity contribution in [3.8, 4) is 0 Å². The molecule has 1 heterocycles. The number of rotatable bonds is 7. The summed E-state index contributed by atoms with van der Waals surface area (Å²) in [5, 5.41) is 3.15. The van der Waals surface area contributed by atoms with Gasteiger partial charge in [0.1, 0.15) is 0 Å². The van der Waals surface area contributed by atoms with Crippen LogP contribution in [0.1, 0.15) is 15.2 Å². The van der Waals surface area contributed by atoms with E-state index in [4.69, 9.17) is 0 Å². The van der Waals surface area contributed by atoms with Crippen LogP contribution < -0.4 is 9.62 Å². The summed E-state index contributed by atoms with van der Waals surface area (Å²) in [7, 11) is -3.87. The van der Waals surface area contributed by atoms with Crippen molar-refractivity contribution < 1.29 is 13.2 Å². The Kier molecular flexibility index (Phi) is 5.91. The van der Waals surface area contributed by atoms with Gasteiger partial charge in [-0.2, -0.15) is 0 Å². The highest BCUT2D eigenvalue weighted by molar-refractivity contribution is 7.92. The first-order valence-electron chi connectivity index (χ1n) is 8.44. The van der Waals surface area contributed by atoms with E-state index in [0.717, 1.165) is 4.88 Å². The Hall–Kier alpha value is -2.97. The maximum absolute atomic E-state index is 13.2. The van der Waals surface area contributed by atoms with E-state index in [0.29, 0.717) is 10.8 Å². The molecule has 28 heavy (non-hydrogen) atoms. The Balaban J connectivity index is 1.92. The zero-order chi connectivity index (χ0) is 20.1. The number of benzene rings is 2. The molecule has 2 aromatic carbocycles. The SMILES string of the molecule is C=CCN(c1ccccc1)S(=O)(=O)c1cccc(C(=O)Nc2ncc(C)s2)c1. The number of hydrogen-bond donors (Lipinski definition) is 1. The number of anilines is 2. The van der Waals surface area contributed by atoms with Crippen LogP contribution in [0.15, 0.2) is 78.3 Å². The second-order valence-corrected chi connectivity index (χ2v) is 9.02. The van der Waals surface area contributed by atoms with E-state index < -0.39 is 15.9 Å². The maximum Gasteiger partial charge on any atom is 0.264 e. The van der Waals surface area contributed by atoms with Crippen LogP contribution in [0.2, 0.25) is 0 Å². The first kappa shape index (κ1) is 19.8. The van der Waals surface area contributed by atoms with Crippen molar-refractivity contribution in [3.63, 3.8) is 0 Å². The third kappa shape index (κ3) is 4.29. The highest BCUT2D eigenvalue weighted by Gasteiger charge is 2.25. The summed E-state index contributed by atoms with van der Waals surface area (Å²) in [4.78, 5) is 17.6. The summed E-state index contributed by atoms with van der Waals surface area (Å²) >= 11 is 1.35. The predicted molar refractivity (Wildman–Crippen MR) is 112 cm³/mol. The molecular formula is C20H19N3O3S2. The highest BCUT2D eigenvalue weighted by Crippen LogP contribution is 2.24. The van der Waals surface area contributed by atoms with Crippen molar-refractivity contribution in [1.29, 1.82) is 0 Å². The van der Waals surface area contributed by atoms with Gasteiger partial charge in [0.15, 0.2) is 5.13 Å². The van der Waals surface area contributed by atoms with E-state index >= 15 is 0 Å². The third-order valence-corrected chi connectivity index (χ3v) is 6.48. The number of nitrogens with zero attached hydrogens (tertiary/aromatic N) is 2. The number of hydrogen-bond acceptors (Lipinski definition) is 5. The lowest BCUT2D eigenvalue weighted by atomic mass is 10.2. The largest absolute Gasteiger partial charge is 0.298 e. The van der Waals surface area contributed by atoms with E-state index in [1.54, 1.807) is 42.6 Å². The molecule has 0 fully saturated rings. The van der Waals surface area contributed by atoms with Crippen molar-refractivity contribution in [3.05, 3.63) is 83.9 Å². The number of aromatic nitrogens is 1. The van der Waals surface area contributed by atoms with Gasteiger partial charge >= 0.3 is 0 Å². The van der Waals surface area contributed by atoms with Gasteiger partial charge in [0.25, 0.3) is 15.9 Å². The Morgan fingerprint density at radius 1 is 1.21 bits per heavy atom. The molecule has 0 aliphatic carbocycles. The molecule has 3 rings (SSSR count). The summed E-state index contributed by atoms with van der Waals surface area (Å²) in [6.07, 6.45) is 3.18. The van der Waals surface area contributed by atoms with Crippen LogP contribution in [-0.4, -0.2) is 25.9 Å². The molecule has 0 aliphatic rings. The van der Waals surface area contributed by atoms with E-state index in [9.17, 15) is 13.2 Å². The molecule has 1 aromatic heterocycles. The van der Waals surface area contributed by atoms with E-state index in [1.807, 2.05) is 13.0 Å². The summed E-state index contributed by atoms with van der Waals surface area (Å²) < 4.78 is 27.6. The number of aryl methyl sites for hydroxylation is 1. The van der Waals surface area contributed by atoms with Gasteiger partial charge in [0.2, 0.25) is 0 Å². The number of carbonyl (C=O) groups is 1. The summed E-state index contributed by atoms with van der Waals surface area (Å²) in [6, 6.07) is 14.7. The van der Waals surface area contributed by atoms with Crippen molar-refractivity contribution >= 4 is 38.1 Å². The third-order valence-electron chi connectivity index (χ3n) is 3.87. The van der Waals surface area contributed by atoms with Crippen LogP contribution >= 0.6 is 11.3 Å². The molecule has 1 amide bonds. The lowest BCUT2D eigenvalue weighted by Gasteiger charge is -2.23. The molecule has 0 radical (unpaired) electrons. The second kappa shape index (κ2) is 8.37. The topological polar surface area (TPSA) is 79.4 Å². The summed E-state index contributed by atoms with van der Waals surface area (Å²) in [5.74, 6) is -0.415. The van der Waals surface area contributed by atoms with E-state index in [-0.39, 0.29) is 17.0 Å². The average Bonchev–Trinajstić information content (AvgIpc) is 3.11. The van der Waals surface area contributed by atoms with Crippen molar-refractivity contribution in [2.75, 3.05) is 16.2 Å². The smallest absolute Gasteiger partial charge is 0.264 e. The molecule has 0 spiro atoms. The number of carbonyl (C=O) groups excluding carboxylic acids is 1. The molecule has 1 N–H and O–H groups in total.